The van der Waals surface area contributed by atoms with Crippen LogP contribution in [0.4, 0.5) is 10.2 Å². The molecule has 7 nitrogen and oxygen atoms in total. The number of ether oxygens (including phenoxy) is 2. The average molecular weight is 390 g/mol. The van der Waals surface area contributed by atoms with Crippen LogP contribution in [0, 0.1) is 28.5 Å². The van der Waals surface area contributed by atoms with E-state index in [2.05, 4.69) is 4.98 Å². The lowest BCUT2D eigenvalue weighted by Gasteiger charge is -2.14. The van der Waals surface area contributed by atoms with Gasteiger partial charge in [-0.3, -0.25) is 4.79 Å². The number of nitrogens with one attached hydrogen (secondary N) is 1. The van der Waals surface area contributed by atoms with Gasteiger partial charge in [-0.05, 0) is 35.4 Å². The van der Waals surface area contributed by atoms with Gasteiger partial charge in [-0.15, -0.1) is 0 Å². The van der Waals surface area contributed by atoms with Crippen molar-refractivity contribution in [1.29, 1.82) is 10.5 Å². The Labute approximate surface area is 165 Å². The van der Waals surface area contributed by atoms with Gasteiger partial charge in [-0.2, -0.15) is 10.5 Å². The molecule has 0 radical (unpaired) electrons. The van der Waals surface area contributed by atoms with E-state index in [1.54, 1.807) is 24.3 Å². The number of hydrogen-bond donors (Lipinski definition) is 2. The normalized spacial score (nSPS) is 10.1. The maximum absolute atomic E-state index is 13.3. The molecule has 0 spiro atoms. The quantitative estimate of drug-likeness (QED) is 0.690. The van der Waals surface area contributed by atoms with Gasteiger partial charge in [0.25, 0.3) is 5.56 Å². The summed E-state index contributed by atoms with van der Waals surface area (Å²) in [5, 5.41) is 18.8. The van der Waals surface area contributed by atoms with Crippen LogP contribution in [0.15, 0.2) is 47.3 Å². The summed E-state index contributed by atoms with van der Waals surface area (Å²) in [6, 6.07) is 14.4. The van der Waals surface area contributed by atoms with E-state index >= 15 is 0 Å². The fourth-order valence-electron chi connectivity index (χ4n) is 2.86. The number of rotatable bonds is 5. The van der Waals surface area contributed by atoms with Crippen molar-refractivity contribution >= 4 is 5.82 Å². The van der Waals surface area contributed by atoms with Gasteiger partial charge in [0.15, 0.2) is 11.5 Å². The largest absolute Gasteiger partial charge is 0.493 e. The van der Waals surface area contributed by atoms with Gasteiger partial charge >= 0.3 is 0 Å². The molecule has 144 valence electrons. The molecule has 2 aromatic carbocycles. The summed E-state index contributed by atoms with van der Waals surface area (Å²) in [5.41, 5.74) is 5.95. The lowest BCUT2D eigenvalue weighted by Crippen LogP contribution is -2.16. The number of benzene rings is 2. The molecule has 0 bridgehead atoms. The number of nitrogens with zero attached hydrogens (tertiary/aromatic N) is 2. The summed E-state index contributed by atoms with van der Waals surface area (Å²) in [7, 11) is 1.43. The van der Waals surface area contributed by atoms with Crippen molar-refractivity contribution in [2.75, 3.05) is 12.8 Å². The number of aromatic amines is 1. The first-order valence-electron chi connectivity index (χ1n) is 8.40. The Morgan fingerprint density at radius 2 is 1.86 bits per heavy atom. The minimum absolute atomic E-state index is 0.0170. The van der Waals surface area contributed by atoms with E-state index in [0.717, 1.165) is 0 Å². The van der Waals surface area contributed by atoms with Crippen LogP contribution >= 0.6 is 0 Å². The lowest BCUT2D eigenvalue weighted by molar-refractivity contribution is 0.284. The minimum atomic E-state index is -0.690. The highest BCUT2D eigenvalue weighted by atomic mass is 19.1. The molecule has 0 saturated heterocycles. The Morgan fingerprint density at radius 1 is 1.10 bits per heavy atom. The third-order valence-electron chi connectivity index (χ3n) is 4.20. The minimum Gasteiger partial charge on any atom is -0.493 e. The van der Waals surface area contributed by atoms with Gasteiger partial charge in [0, 0.05) is 5.56 Å². The van der Waals surface area contributed by atoms with Crippen LogP contribution in [0.5, 0.6) is 11.5 Å². The van der Waals surface area contributed by atoms with Gasteiger partial charge in [-0.1, -0.05) is 18.2 Å². The molecule has 1 aromatic heterocycles. The standard InChI is InChI=1S/C21H15FN4O3/c1-28-18-8-13(19-15(9-23)20(25)26-21(27)16(19)10-24)5-6-17(18)29-11-12-3-2-4-14(22)7-12/h2-8H,11H2,1H3,(H3,25,26,27). The van der Waals surface area contributed by atoms with Crippen LogP contribution in [0.25, 0.3) is 11.1 Å². The van der Waals surface area contributed by atoms with E-state index in [1.807, 2.05) is 12.1 Å². The van der Waals surface area contributed by atoms with Crippen molar-refractivity contribution in [3.63, 3.8) is 0 Å². The third-order valence-corrected chi connectivity index (χ3v) is 4.20. The molecule has 8 heteroatoms. The Balaban J connectivity index is 2.03. The van der Waals surface area contributed by atoms with Crippen LogP contribution < -0.4 is 20.8 Å². The number of nitrogen functional groups attached to an aromatic ring is 1. The van der Waals surface area contributed by atoms with Crippen molar-refractivity contribution in [3.8, 4) is 34.8 Å². The first kappa shape index (κ1) is 19.5. The van der Waals surface area contributed by atoms with Gasteiger partial charge in [0.1, 0.15) is 41.5 Å². The number of H-pyrrole nitrogens is 1. The van der Waals surface area contributed by atoms with E-state index in [0.29, 0.717) is 22.6 Å². The molecule has 0 unspecified atom stereocenters. The molecule has 3 rings (SSSR count). The van der Waals surface area contributed by atoms with Crippen molar-refractivity contribution in [2.45, 2.75) is 6.61 Å². The predicted molar refractivity (Wildman–Crippen MR) is 104 cm³/mol. The lowest BCUT2D eigenvalue weighted by atomic mass is 9.96. The fraction of sp³-hybridized carbons (Fsp3) is 0.0952. The SMILES string of the molecule is COc1cc(-c2c(C#N)c(N)[nH]c(=O)c2C#N)ccc1OCc1cccc(F)c1. The van der Waals surface area contributed by atoms with Gasteiger partial charge in [0.2, 0.25) is 0 Å². The number of anilines is 1. The zero-order chi connectivity index (χ0) is 21.0. The van der Waals surface area contributed by atoms with Gasteiger partial charge in [-0.25, -0.2) is 4.39 Å². The molecule has 3 N–H and O–H groups in total. The average Bonchev–Trinajstić information content (AvgIpc) is 2.71. The summed E-state index contributed by atoms with van der Waals surface area (Å²) in [4.78, 5) is 14.4. The molecule has 0 fully saturated rings. The zero-order valence-electron chi connectivity index (χ0n) is 15.3. The summed E-state index contributed by atoms with van der Waals surface area (Å²) in [5.74, 6) is 0.186. The van der Waals surface area contributed by atoms with Crippen LogP contribution in [0.2, 0.25) is 0 Å². The van der Waals surface area contributed by atoms with Gasteiger partial charge in [0.05, 0.1) is 7.11 Å². The Bertz CT molecular complexity index is 1220. The van der Waals surface area contributed by atoms with Crippen molar-refractivity contribution in [1.82, 2.24) is 4.98 Å². The molecule has 29 heavy (non-hydrogen) atoms. The second-order valence-corrected chi connectivity index (χ2v) is 6.00. The summed E-state index contributed by atoms with van der Waals surface area (Å²) in [6.07, 6.45) is 0. The molecular weight excluding hydrogens is 375 g/mol. The molecule has 1 heterocycles. The highest BCUT2D eigenvalue weighted by molar-refractivity contribution is 5.81. The molecular formula is C21H15FN4O3. The summed E-state index contributed by atoms with van der Waals surface area (Å²) >= 11 is 0. The second kappa shape index (κ2) is 8.15. The summed E-state index contributed by atoms with van der Waals surface area (Å²) in [6.45, 7) is 0.109. The van der Waals surface area contributed by atoms with E-state index in [4.69, 9.17) is 15.2 Å². The molecule has 0 saturated carbocycles. The van der Waals surface area contributed by atoms with E-state index in [9.17, 15) is 19.7 Å². The monoisotopic (exact) mass is 390 g/mol. The topological polar surface area (TPSA) is 125 Å². The molecule has 0 aliphatic carbocycles. The smallest absolute Gasteiger partial charge is 0.268 e. The first-order valence-corrected chi connectivity index (χ1v) is 8.40. The van der Waals surface area contributed by atoms with E-state index in [1.165, 1.54) is 25.3 Å². The number of nitriles is 2. The third kappa shape index (κ3) is 3.87. The molecule has 0 aliphatic heterocycles. The zero-order valence-corrected chi connectivity index (χ0v) is 15.3. The summed E-state index contributed by atoms with van der Waals surface area (Å²) < 4.78 is 24.4. The maximum atomic E-state index is 13.3. The molecule has 0 aliphatic rings. The predicted octanol–water partition coefficient (Wildman–Crippen LogP) is 3.09. The Kier molecular flexibility index (Phi) is 5.47. The highest BCUT2D eigenvalue weighted by Crippen LogP contribution is 2.35. The second-order valence-electron chi connectivity index (χ2n) is 6.00. The van der Waals surface area contributed by atoms with Crippen molar-refractivity contribution in [2.24, 2.45) is 0 Å². The number of aromatic nitrogens is 1. The van der Waals surface area contributed by atoms with Crippen LogP contribution in [0.1, 0.15) is 16.7 Å². The number of hydrogen-bond acceptors (Lipinski definition) is 6. The Hall–Kier alpha value is -4.30. The Morgan fingerprint density at radius 3 is 2.52 bits per heavy atom. The molecule has 0 atom stereocenters. The van der Waals surface area contributed by atoms with Crippen LogP contribution in [0.3, 0.4) is 0 Å². The van der Waals surface area contributed by atoms with Crippen LogP contribution in [-0.2, 0) is 6.61 Å². The molecule has 3 aromatic rings. The number of pyridine rings is 1. The molecule has 0 amide bonds. The van der Waals surface area contributed by atoms with E-state index < -0.39 is 5.56 Å². The first-order chi connectivity index (χ1) is 14.0. The van der Waals surface area contributed by atoms with Crippen molar-refractivity contribution < 1.29 is 13.9 Å². The number of nitrogens with two attached hydrogens (primary N) is 1. The number of methoxy groups -OCH3 is 1. The fourth-order valence-corrected chi connectivity index (χ4v) is 2.86. The maximum Gasteiger partial charge on any atom is 0.268 e. The van der Waals surface area contributed by atoms with Gasteiger partial charge < -0.3 is 20.2 Å². The van der Waals surface area contributed by atoms with Crippen molar-refractivity contribution in [3.05, 3.63) is 75.3 Å². The van der Waals surface area contributed by atoms with E-state index in [-0.39, 0.29) is 34.9 Å². The van der Waals surface area contributed by atoms with Crippen LogP contribution in [-0.4, -0.2) is 12.1 Å². The number of halogens is 1. The highest BCUT2D eigenvalue weighted by Gasteiger charge is 2.19.